The third kappa shape index (κ3) is 5.52. The molecule has 1 atom stereocenters. The number of amides is 2. The third-order valence-corrected chi connectivity index (χ3v) is 5.11. The van der Waals surface area contributed by atoms with Gasteiger partial charge in [0, 0.05) is 31.4 Å². The first-order chi connectivity index (χ1) is 13.7. The Kier molecular flexibility index (Phi) is 6.55. The molecule has 2 amide bonds. The highest BCUT2D eigenvalue weighted by Crippen LogP contribution is 2.32. The fraction of sp³-hybridized carbons (Fsp3) is 0.619. The first kappa shape index (κ1) is 21.7. The monoisotopic (exact) mass is 406 g/mol. The molecule has 7 nitrogen and oxygen atoms in total. The molecule has 1 aromatic carbocycles. The lowest BCUT2D eigenvalue weighted by molar-refractivity contribution is -0.125. The number of morpholine rings is 1. The molecule has 8 heteroatoms. The zero-order valence-electron chi connectivity index (χ0n) is 17.4. The van der Waals surface area contributed by atoms with Crippen molar-refractivity contribution < 1.29 is 18.7 Å². The van der Waals surface area contributed by atoms with Crippen LogP contribution in [0.4, 0.5) is 15.8 Å². The van der Waals surface area contributed by atoms with Crippen LogP contribution in [0.1, 0.15) is 33.6 Å². The molecule has 0 radical (unpaired) electrons. The van der Waals surface area contributed by atoms with Gasteiger partial charge < -0.3 is 20.7 Å². The summed E-state index contributed by atoms with van der Waals surface area (Å²) in [5.74, 6) is -1.10. The zero-order valence-corrected chi connectivity index (χ0v) is 17.4. The van der Waals surface area contributed by atoms with E-state index in [0.717, 1.165) is 19.4 Å². The lowest BCUT2D eigenvalue weighted by atomic mass is 9.95. The van der Waals surface area contributed by atoms with Crippen molar-refractivity contribution in [1.29, 1.82) is 0 Å². The van der Waals surface area contributed by atoms with Gasteiger partial charge in [-0.1, -0.05) is 20.8 Å². The van der Waals surface area contributed by atoms with Crippen LogP contribution in [0.25, 0.3) is 0 Å². The second-order valence-electron chi connectivity index (χ2n) is 8.97. The van der Waals surface area contributed by atoms with Crippen LogP contribution in [0, 0.1) is 11.2 Å². The maximum atomic E-state index is 14.7. The van der Waals surface area contributed by atoms with Gasteiger partial charge in [-0.15, -0.1) is 0 Å². The van der Waals surface area contributed by atoms with Crippen LogP contribution in [0.2, 0.25) is 0 Å². The number of halogens is 1. The van der Waals surface area contributed by atoms with Crippen molar-refractivity contribution in [3.05, 3.63) is 24.0 Å². The number of carbonyl (C=O) groups is 2. The van der Waals surface area contributed by atoms with E-state index in [9.17, 15) is 14.0 Å². The Morgan fingerprint density at radius 1 is 1.41 bits per heavy atom. The summed E-state index contributed by atoms with van der Waals surface area (Å²) in [4.78, 5) is 28.5. The predicted molar refractivity (Wildman–Crippen MR) is 110 cm³/mol. The van der Waals surface area contributed by atoms with Crippen molar-refractivity contribution in [3.63, 3.8) is 0 Å². The number of benzene rings is 1. The van der Waals surface area contributed by atoms with E-state index in [0.29, 0.717) is 24.9 Å². The van der Waals surface area contributed by atoms with E-state index < -0.39 is 11.9 Å². The summed E-state index contributed by atoms with van der Waals surface area (Å²) < 4.78 is 19.8. The van der Waals surface area contributed by atoms with Crippen molar-refractivity contribution in [2.24, 2.45) is 11.1 Å². The van der Waals surface area contributed by atoms with Crippen LogP contribution in [-0.4, -0.2) is 61.6 Å². The molecule has 3 N–H and O–H groups in total. The molecule has 1 aromatic rings. The molecule has 1 saturated carbocycles. The highest BCUT2D eigenvalue weighted by Gasteiger charge is 2.38. The third-order valence-electron chi connectivity index (χ3n) is 5.11. The van der Waals surface area contributed by atoms with Gasteiger partial charge >= 0.3 is 0 Å². The van der Waals surface area contributed by atoms with Crippen LogP contribution in [0.3, 0.4) is 0 Å². The fourth-order valence-electron chi connectivity index (χ4n) is 3.62. The number of rotatable bonds is 7. The van der Waals surface area contributed by atoms with Crippen molar-refractivity contribution in [1.82, 2.24) is 4.90 Å². The molecule has 3 rings (SSSR count). The first-order valence-corrected chi connectivity index (χ1v) is 10.1. The smallest absolute Gasteiger partial charge is 0.253 e. The summed E-state index contributed by atoms with van der Waals surface area (Å²) in [6, 6.07) is 4.23. The van der Waals surface area contributed by atoms with E-state index in [2.05, 4.69) is 31.0 Å². The predicted octanol–water partition coefficient (Wildman–Crippen LogP) is 1.97. The Bertz CT molecular complexity index is 761. The summed E-state index contributed by atoms with van der Waals surface area (Å²) in [7, 11) is 0. The topological polar surface area (TPSA) is 87.9 Å². The number of hydrogen-bond donors (Lipinski definition) is 2. The molecular formula is C21H31FN4O3. The molecule has 1 aliphatic carbocycles. The molecule has 0 aromatic heterocycles. The van der Waals surface area contributed by atoms with Crippen molar-refractivity contribution >= 4 is 23.2 Å². The minimum atomic E-state index is -0.584. The number of hydrogen-bond acceptors (Lipinski definition) is 5. The summed E-state index contributed by atoms with van der Waals surface area (Å²) in [5, 5.41) is 2.69. The average Bonchev–Trinajstić information content (AvgIpc) is 3.48. The highest BCUT2D eigenvalue weighted by molar-refractivity contribution is 5.97. The zero-order chi connectivity index (χ0) is 21.2. The molecule has 1 saturated heterocycles. The lowest BCUT2D eigenvalue weighted by Gasteiger charge is -2.35. The molecule has 0 spiro atoms. The van der Waals surface area contributed by atoms with Crippen LogP contribution < -0.4 is 16.0 Å². The fourth-order valence-corrected chi connectivity index (χ4v) is 3.62. The molecule has 0 bridgehead atoms. The summed E-state index contributed by atoms with van der Waals surface area (Å²) in [6.45, 7) is 8.06. The van der Waals surface area contributed by atoms with Gasteiger partial charge in [-0.3, -0.25) is 14.5 Å². The molecular weight excluding hydrogens is 375 g/mol. The van der Waals surface area contributed by atoms with Gasteiger partial charge in [0.05, 0.1) is 12.3 Å². The van der Waals surface area contributed by atoms with Gasteiger partial charge in [-0.2, -0.15) is 0 Å². The normalized spacial score (nSPS) is 18.8. The van der Waals surface area contributed by atoms with Gasteiger partial charge in [0.2, 0.25) is 5.91 Å². The van der Waals surface area contributed by atoms with E-state index in [1.165, 1.54) is 17.0 Å². The van der Waals surface area contributed by atoms with E-state index >= 15 is 0 Å². The lowest BCUT2D eigenvalue weighted by Crippen LogP contribution is -2.52. The average molecular weight is 407 g/mol. The molecule has 1 heterocycles. The van der Waals surface area contributed by atoms with Crippen molar-refractivity contribution in [3.8, 4) is 0 Å². The van der Waals surface area contributed by atoms with E-state index in [4.69, 9.17) is 10.5 Å². The number of nitrogens with one attached hydrogen (secondary N) is 1. The summed E-state index contributed by atoms with van der Waals surface area (Å²) in [6.07, 6.45) is 2.10. The van der Waals surface area contributed by atoms with Crippen LogP contribution in [0.15, 0.2) is 18.2 Å². The van der Waals surface area contributed by atoms with Gasteiger partial charge in [0.15, 0.2) is 0 Å². The Hall–Kier alpha value is -2.03. The minimum Gasteiger partial charge on any atom is -0.370 e. The Morgan fingerprint density at radius 3 is 2.69 bits per heavy atom. The van der Waals surface area contributed by atoms with E-state index in [1.807, 2.05) is 0 Å². The van der Waals surface area contributed by atoms with E-state index in [-0.39, 0.29) is 36.1 Å². The SMILES string of the molecule is CC(C)(C)CN(C1CC1)[C@H](CN)C(=O)Nc1ccc(N2CCOCC2=O)cc1F. The molecule has 160 valence electrons. The maximum absolute atomic E-state index is 14.7. The molecule has 0 unspecified atom stereocenters. The van der Waals surface area contributed by atoms with Gasteiger partial charge in [0.25, 0.3) is 5.91 Å². The van der Waals surface area contributed by atoms with Crippen molar-refractivity contribution in [2.45, 2.75) is 45.7 Å². The number of ether oxygens (including phenoxy) is 1. The Labute approximate surface area is 171 Å². The number of nitrogens with zero attached hydrogens (tertiary/aromatic N) is 2. The first-order valence-electron chi connectivity index (χ1n) is 10.1. The maximum Gasteiger partial charge on any atom is 0.253 e. The van der Waals surface area contributed by atoms with Crippen LogP contribution >= 0.6 is 0 Å². The number of nitrogens with two attached hydrogens (primary N) is 1. The summed E-state index contributed by atoms with van der Waals surface area (Å²) >= 11 is 0. The molecule has 2 aliphatic rings. The number of carbonyl (C=O) groups excluding carboxylic acids is 2. The quantitative estimate of drug-likeness (QED) is 0.723. The van der Waals surface area contributed by atoms with Crippen molar-refractivity contribution in [2.75, 3.05) is 43.1 Å². The van der Waals surface area contributed by atoms with Gasteiger partial charge in [0.1, 0.15) is 18.5 Å². The van der Waals surface area contributed by atoms with Crippen LogP contribution in [-0.2, 0) is 14.3 Å². The minimum absolute atomic E-state index is 0.0108. The summed E-state index contributed by atoms with van der Waals surface area (Å²) in [5.41, 5.74) is 6.50. The Balaban J connectivity index is 1.72. The standard InChI is InChI=1S/C21H31FN4O3/c1-21(2,3)13-26(14-4-5-14)18(11-23)20(28)24-17-7-6-15(10-16(17)22)25-8-9-29-12-19(25)27/h6-7,10,14,18H,4-5,8-9,11-13,23H2,1-3H3,(H,24,28)/t18-/m1/s1. The Morgan fingerprint density at radius 2 is 2.14 bits per heavy atom. The van der Waals surface area contributed by atoms with Crippen LogP contribution in [0.5, 0.6) is 0 Å². The van der Waals surface area contributed by atoms with Gasteiger partial charge in [-0.05, 0) is 36.5 Å². The van der Waals surface area contributed by atoms with E-state index in [1.54, 1.807) is 6.07 Å². The second kappa shape index (κ2) is 8.77. The largest absolute Gasteiger partial charge is 0.370 e. The second-order valence-corrected chi connectivity index (χ2v) is 8.97. The highest BCUT2D eigenvalue weighted by atomic mass is 19.1. The molecule has 2 fully saturated rings. The number of anilines is 2. The molecule has 1 aliphatic heterocycles. The van der Waals surface area contributed by atoms with Gasteiger partial charge in [-0.25, -0.2) is 4.39 Å². The molecule has 29 heavy (non-hydrogen) atoms.